The number of nitrogens with one attached hydrogen (secondary N) is 3. The highest BCUT2D eigenvalue weighted by molar-refractivity contribution is 7.91. The van der Waals surface area contributed by atoms with Gasteiger partial charge in [-0.05, 0) is 23.1 Å². The number of sulfonamides is 1. The minimum atomic E-state index is -3.97. The number of carbonyl (C=O) groups excluding carboxylic acids is 2. The first-order valence-corrected chi connectivity index (χ1v) is 12.8. The minimum absolute atomic E-state index is 0.0295. The number of aromatic nitrogens is 1. The molecule has 10 nitrogen and oxygen atoms in total. The van der Waals surface area contributed by atoms with Gasteiger partial charge >= 0.3 is 0 Å². The maximum atomic E-state index is 12.9. The van der Waals surface area contributed by atoms with Gasteiger partial charge in [0, 0.05) is 35.5 Å². The van der Waals surface area contributed by atoms with Crippen molar-refractivity contribution in [2.75, 3.05) is 0 Å². The second kappa shape index (κ2) is 9.68. The summed E-state index contributed by atoms with van der Waals surface area (Å²) in [5, 5.41) is 25.6. The largest absolute Gasteiger partial charge is 0.390 e. The maximum Gasteiger partial charge on any atom is 0.250 e. The van der Waals surface area contributed by atoms with Gasteiger partial charge in [-0.3, -0.25) is 9.59 Å². The van der Waals surface area contributed by atoms with Crippen molar-refractivity contribution in [3.05, 3.63) is 65.2 Å². The number of aromatic amines is 1. The Labute approximate surface area is 199 Å². The summed E-state index contributed by atoms with van der Waals surface area (Å²) in [6.45, 7) is 0. The van der Waals surface area contributed by atoms with Crippen LogP contribution in [-0.2, 0) is 26.0 Å². The van der Waals surface area contributed by atoms with E-state index in [1.165, 1.54) is 12.1 Å². The van der Waals surface area contributed by atoms with E-state index in [4.69, 9.17) is 5.73 Å². The zero-order chi connectivity index (χ0) is 24.5. The molecule has 0 radical (unpaired) electrons. The van der Waals surface area contributed by atoms with Crippen LogP contribution in [0.4, 0.5) is 0 Å². The summed E-state index contributed by atoms with van der Waals surface area (Å²) in [7, 11) is -3.97. The van der Waals surface area contributed by atoms with E-state index in [1.807, 2.05) is 24.3 Å². The van der Waals surface area contributed by atoms with Crippen LogP contribution in [0, 0.1) is 0 Å². The monoisotopic (exact) mass is 504 g/mol. The SMILES string of the molecule is NC(=O)C(Cc1c[nH]c2ccccc12)NC(=O)C1=CC(NS(=O)(=O)c2cccs2)C(O)C(O)C1. The normalized spacial score (nSPS) is 21.7. The summed E-state index contributed by atoms with van der Waals surface area (Å²) in [6, 6.07) is 8.18. The van der Waals surface area contributed by atoms with Crippen LogP contribution in [0.2, 0.25) is 0 Å². The predicted molar refractivity (Wildman–Crippen MR) is 126 cm³/mol. The topological polar surface area (TPSA) is 175 Å². The molecule has 0 saturated heterocycles. The number of aliphatic hydroxyl groups excluding tert-OH is 2. The van der Waals surface area contributed by atoms with Gasteiger partial charge < -0.3 is 26.2 Å². The fraction of sp³-hybridized carbons (Fsp3) is 0.273. The number of fused-ring (bicyclic) bond motifs is 1. The first-order valence-electron chi connectivity index (χ1n) is 10.4. The van der Waals surface area contributed by atoms with Gasteiger partial charge in [0.25, 0.3) is 10.0 Å². The summed E-state index contributed by atoms with van der Waals surface area (Å²) in [5.41, 5.74) is 7.22. The summed E-state index contributed by atoms with van der Waals surface area (Å²) in [4.78, 5) is 28.1. The lowest BCUT2D eigenvalue weighted by Crippen LogP contribution is -2.52. The van der Waals surface area contributed by atoms with Gasteiger partial charge in [-0.2, -0.15) is 0 Å². The second-order valence-electron chi connectivity index (χ2n) is 8.03. The average Bonchev–Trinajstić information content (AvgIpc) is 3.47. The van der Waals surface area contributed by atoms with Crippen LogP contribution in [0.15, 0.2) is 63.8 Å². The maximum absolute atomic E-state index is 12.9. The molecule has 0 aliphatic heterocycles. The van der Waals surface area contributed by atoms with Crippen molar-refractivity contribution in [3.8, 4) is 0 Å². The highest BCUT2D eigenvalue weighted by atomic mass is 32.2. The number of aliphatic hydroxyl groups is 2. The van der Waals surface area contributed by atoms with Crippen molar-refractivity contribution in [2.24, 2.45) is 5.73 Å². The van der Waals surface area contributed by atoms with Crippen molar-refractivity contribution in [2.45, 2.75) is 41.3 Å². The molecule has 0 fully saturated rings. The van der Waals surface area contributed by atoms with Gasteiger partial charge in [-0.25, -0.2) is 13.1 Å². The van der Waals surface area contributed by atoms with Gasteiger partial charge in [0.2, 0.25) is 11.8 Å². The Balaban J connectivity index is 1.52. The number of hydrogen-bond donors (Lipinski definition) is 6. The molecule has 0 spiro atoms. The fourth-order valence-electron chi connectivity index (χ4n) is 3.89. The lowest BCUT2D eigenvalue weighted by atomic mass is 9.90. The molecule has 2 heterocycles. The Kier molecular flexibility index (Phi) is 6.86. The number of amides is 2. The number of rotatable bonds is 8. The van der Waals surface area contributed by atoms with Crippen molar-refractivity contribution in [1.82, 2.24) is 15.0 Å². The van der Waals surface area contributed by atoms with Crippen LogP contribution in [0.25, 0.3) is 10.9 Å². The molecule has 3 aromatic rings. The van der Waals surface area contributed by atoms with Crippen LogP contribution < -0.4 is 15.8 Å². The van der Waals surface area contributed by atoms with Crippen LogP contribution in [0.1, 0.15) is 12.0 Å². The molecule has 2 amide bonds. The summed E-state index contributed by atoms with van der Waals surface area (Å²) in [5.74, 6) is -1.43. The number of primary amides is 1. The molecule has 1 aromatic carbocycles. The van der Waals surface area contributed by atoms with E-state index in [0.717, 1.165) is 27.8 Å². The van der Waals surface area contributed by atoms with Crippen molar-refractivity contribution >= 4 is 44.1 Å². The molecule has 7 N–H and O–H groups in total. The Morgan fingerprint density at radius 3 is 2.68 bits per heavy atom. The lowest BCUT2D eigenvalue weighted by molar-refractivity contribution is -0.125. The Bertz CT molecular complexity index is 1330. The van der Waals surface area contributed by atoms with E-state index in [-0.39, 0.29) is 22.6 Å². The third-order valence-electron chi connectivity index (χ3n) is 5.66. The van der Waals surface area contributed by atoms with Gasteiger partial charge in [0.1, 0.15) is 16.4 Å². The molecule has 34 heavy (non-hydrogen) atoms. The van der Waals surface area contributed by atoms with E-state index < -0.39 is 46.1 Å². The summed E-state index contributed by atoms with van der Waals surface area (Å²) >= 11 is 0.993. The molecule has 2 aromatic heterocycles. The minimum Gasteiger partial charge on any atom is -0.390 e. The molecule has 1 aliphatic rings. The second-order valence-corrected chi connectivity index (χ2v) is 10.9. The van der Waals surface area contributed by atoms with Crippen LogP contribution >= 0.6 is 11.3 Å². The Morgan fingerprint density at radius 2 is 1.97 bits per heavy atom. The molecule has 12 heteroatoms. The number of nitrogens with two attached hydrogens (primary N) is 1. The van der Waals surface area contributed by atoms with Crippen LogP contribution in [0.5, 0.6) is 0 Å². The summed E-state index contributed by atoms with van der Waals surface area (Å²) < 4.78 is 27.5. The smallest absolute Gasteiger partial charge is 0.250 e. The number of thiophene rings is 1. The quantitative estimate of drug-likeness (QED) is 0.254. The molecule has 0 saturated carbocycles. The molecule has 180 valence electrons. The van der Waals surface area contributed by atoms with Gasteiger partial charge in [0.15, 0.2) is 0 Å². The van der Waals surface area contributed by atoms with Gasteiger partial charge in [-0.1, -0.05) is 30.3 Å². The fourth-order valence-corrected chi connectivity index (χ4v) is 6.09. The standard InChI is InChI=1S/C22H24N4O6S2/c23-21(29)17(9-13-11-24-15-5-2-1-4-14(13)15)25-22(30)12-8-16(20(28)18(27)10-12)26-34(31,32)19-6-3-7-33-19/h1-8,11,16-18,20,24,26-28H,9-10H2,(H2,23,29)(H,25,30). The highest BCUT2D eigenvalue weighted by Gasteiger charge is 2.36. The Morgan fingerprint density at radius 1 is 1.21 bits per heavy atom. The number of H-pyrrole nitrogens is 1. The molecular formula is C22H24N4O6S2. The van der Waals surface area contributed by atoms with E-state index in [0.29, 0.717) is 0 Å². The first-order chi connectivity index (χ1) is 16.2. The van der Waals surface area contributed by atoms with E-state index in [1.54, 1.807) is 17.6 Å². The third kappa shape index (κ3) is 5.05. The van der Waals surface area contributed by atoms with Gasteiger partial charge in [0.05, 0.1) is 12.1 Å². The van der Waals surface area contributed by atoms with E-state index >= 15 is 0 Å². The molecule has 0 bridgehead atoms. The average molecular weight is 505 g/mol. The molecular weight excluding hydrogens is 480 g/mol. The Hall–Kier alpha value is -3.03. The zero-order valence-corrected chi connectivity index (χ0v) is 19.5. The zero-order valence-electron chi connectivity index (χ0n) is 17.8. The first kappa shape index (κ1) is 24.1. The van der Waals surface area contributed by atoms with E-state index in [9.17, 15) is 28.2 Å². The highest BCUT2D eigenvalue weighted by Crippen LogP contribution is 2.24. The van der Waals surface area contributed by atoms with E-state index in [2.05, 4.69) is 15.0 Å². The number of para-hydroxylation sites is 1. The van der Waals surface area contributed by atoms with Crippen molar-refractivity contribution in [1.29, 1.82) is 0 Å². The number of benzene rings is 1. The molecule has 4 unspecified atom stereocenters. The lowest BCUT2D eigenvalue weighted by Gasteiger charge is -2.31. The van der Waals surface area contributed by atoms with Crippen molar-refractivity contribution < 1.29 is 28.2 Å². The van der Waals surface area contributed by atoms with Crippen molar-refractivity contribution in [3.63, 3.8) is 0 Å². The predicted octanol–water partition coefficient (Wildman–Crippen LogP) is 0.141. The van der Waals surface area contributed by atoms with Crippen LogP contribution in [0.3, 0.4) is 0 Å². The van der Waals surface area contributed by atoms with Gasteiger partial charge in [-0.15, -0.1) is 11.3 Å². The molecule has 1 aliphatic carbocycles. The molecule has 4 atom stereocenters. The third-order valence-corrected chi connectivity index (χ3v) is 8.52. The van der Waals surface area contributed by atoms with Crippen LogP contribution in [-0.4, -0.2) is 59.7 Å². The number of hydrogen-bond acceptors (Lipinski definition) is 7. The summed E-state index contributed by atoms with van der Waals surface area (Å²) in [6.07, 6.45) is 0.0664. The molecule has 4 rings (SSSR count). The number of carbonyl (C=O) groups is 2.